The first-order valence-electron chi connectivity index (χ1n) is 6.72. The molecule has 1 aromatic carbocycles. The van der Waals surface area contributed by atoms with Crippen LogP contribution in [0.4, 0.5) is 0 Å². The van der Waals surface area contributed by atoms with Gasteiger partial charge in [0.1, 0.15) is 0 Å². The van der Waals surface area contributed by atoms with Crippen LogP contribution < -0.4 is 5.73 Å². The van der Waals surface area contributed by atoms with Crippen LogP contribution in [0.15, 0.2) is 30.3 Å². The van der Waals surface area contributed by atoms with Crippen molar-refractivity contribution in [3.8, 4) is 0 Å². The smallest absolute Gasteiger partial charge is 0.226 e. The maximum absolute atomic E-state index is 12.2. The number of hydrogen-bond acceptors (Lipinski definition) is 2. The van der Waals surface area contributed by atoms with Gasteiger partial charge in [0, 0.05) is 13.1 Å². The number of benzene rings is 1. The van der Waals surface area contributed by atoms with Gasteiger partial charge >= 0.3 is 0 Å². The molecule has 1 aliphatic heterocycles. The zero-order valence-corrected chi connectivity index (χ0v) is 11.0. The molecule has 0 bridgehead atoms. The van der Waals surface area contributed by atoms with Gasteiger partial charge < -0.3 is 10.6 Å². The minimum absolute atomic E-state index is 0.228. The Morgan fingerprint density at radius 2 is 2.11 bits per heavy atom. The summed E-state index contributed by atoms with van der Waals surface area (Å²) in [5.74, 6) is 1.32. The highest BCUT2D eigenvalue weighted by Gasteiger charge is 2.27. The number of likely N-dealkylation sites (tertiary alicyclic amines) is 1. The number of carbonyl (C=O) groups is 1. The molecule has 1 saturated heterocycles. The highest BCUT2D eigenvalue weighted by molar-refractivity contribution is 5.78. The first-order valence-corrected chi connectivity index (χ1v) is 6.72. The molecule has 2 rings (SSSR count). The molecule has 2 atom stereocenters. The van der Waals surface area contributed by atoms with Crippen LogP contribution in [0.2, 0.25) is 0 Å². The van der Waals surface area contributed by atoms with Crippen molar-refractivity contribution in [3.05, 3.63) is 35.9 Å². The van der Waals surface area contributed by atoms with E-state index < -0.39 is 0 Å². The molecule has 1 aliphatic rings. The van der Waals surface area contributed by atoms with Crippen molar-refractivity contribution in [3.63, 3.8) is 0 Å². The van der Waals surface area contributed by atoms with Crippen LogP contribution in [-0.4, -0.2) is 30.4 Å². The lowest BCUT2D eigenvalue weighted by molar-refractivity contribution is -0.132. The van der Waals surface area contributed by atoms with Crippen molar-refractivity contribution in [1.82, 2.24) is 4.90 Å². The van der Waals surface area contributed by atoms with Gasteiger partial charge in [-0.2, -0.15) is 0 Å². The lowest BCUT2D eigenvalue weighted by Crippen LogP contribution is -2.46. The first-order chi connectivity index (χ1) is 8.70. The Hall–Kier alpha value is -1.35. The quantitative estimate of drug-likeness (QED) is 0.882. The second-order valence-electron chi connectivity index (χ2n) is 5.26. The molecule has 0 aliphatic carbocycles. The van der Waals surface area contributed by atoms with E-state index in [1.165, 1.54) is 0 Å². The number of amides is 1. The van der Waals surface area contributed by atoms with Gasteiger partial charge in [-0.25, -0.2) is 0 Å². The van der Waals surface area contributed by atoms with Gasteiger partial charge in [0.05, 0.1) is 6.42 Å². The summed E-state index contributed by atoms with van der Waals surface area (Å²) in [4.78, 5) is 14.2. The van der Waals surface area contributed by atoms with Crippen LogP contribution in [0, 0.1) is 11.8 Å². The molecule has 1 heterocycles. The van der Waals surface area contributed by atoms with Gasteiger partial charge in [0.2, 0.25) is 5.91 Å². The van der Waals surface area contributed by atoms with E-state index in [1.807, 2.05) is 35.2 Å². The average Bonchev–Trinajstić information content (AvgIpc) is 2.40. The average molecular weight is 246 g/mol. The summed E-state index contributed by atoms with van der Waals surface area (Å²) in [6.45, 7) is 4.61. The number of carbonyl (C=O) groups excluding carboxylic acids is 1. The van der Waals surface area contributed by atoms with Crippen molar-refractivity contribution < 1.29 is 4.79 Å². The molecule has 0 spiro atoms. The molecule has 98 valence electrons. The monoisotopic (exact) mass is 246 g/mol. The van der Waals surface area contributed by atoms with E-state index in [0.717, 1.165) is 25.1 Å². The lowest BCUT2D eigenvalue weighted by atomic mass is 9.87. The summed E-state index contributed by atoms with van der Waals surface area (Å²) in [6, 6.07) is 9.93. The first kappa shape index (κ1) is 13.1. The van der Waals surface area contributed by atoms with Gasteiger partial charge in [-0.15, -0.1) is 0 Å². The second kappa shape index (κ2) is 6.01. The SMILES string of the molecule is CC1CCN(C(=O)Cc2ccccc2)CC1CN. The van der Waals surface area contributed by atoms with Crippen LogP contribution in [0.3, 0.4) is 0 Å². The zero-order valence-electron chi connectivity index (χ0n) is 11.0. The molecule has 3 nitrogen and oxygen atoms in total. The van der Waals surface area contributed by atoms with Crippen LogP contribution >= 0.6 is 0 Å². The minimum Gasteiger partial charge on any atom is -0.342 e. The fraction of sp³-hybridized carbons (Fsp3) is 0.533. The van der Waals surface area contributed by atoms with Gasteiger partial charge in [-0.3, -0.25) is 4.79 Å². The van der Waals surface area contributed by atoms with Crippen LogP contribution in [0.5, 0.6) is 0 Å². The van der Waals surface area contributed by atoms with Crippen LogP contribution in [0.25, 0.3) is 0 Å². The summed E-state index contributed by atoms with van der Waals surface area (Å²) >= 11 is 0. The molecule has 2 N–H and O–H groups in total. The maximum Gasteiger partial charge on any atom is 0.226 e. The third-order valence-electron chi connectivity index (χ3n) is 3.97. The Morgan fingerprint density at radius 1 is 1.39 bits per heavy atom. The Morgan fingerprint density at radius 3 is 2.78 bits per heavy atom. The van der Waals surface area contributed by atoms with Gasteiger partial charge in [-0.1, -0.05) is 37.3 Å². The summed E-state index contributed by atoms with van der Waals surface area (Å²) < 4.78 is 0. The number of nitrogens with two attached hydrogens (primary N) is 1. The topological polar surface area (TPSA) is 46.3 Å². The van der Waals surface area contributed by atoms with Crippen LogP contribution in [-0.2, 0) is 11.2 Å². The molecule has 1 fully saturated rings. The number of piperidine rings is 1. The van der Waals surface area contributed by atoms with Crippen molar-refractivity contribution >= 4 is 5.91 Å². The van der Waals surface area contributed by atoms with Gasteiger partial charge in [0.25, 0.3) is 0 Å². The summed E-state index contributed by atoms with van der Waals surface area (Å²) in [5.41, 5.74) is 6.86. The Balaban J connectivity index is 1.93. The molecule has 1 aromatic rings. The highest BCUT2D eigenvalue weighted by atomic mass is 16.2. The number of rotatable bonds is 3. The predicted molar refractivity (Wildman–Crippen MR) is 73.1 cm³/mol. The fourth-order valence-corrected chi connectivity index (χ4v) is 2.57. The maximum atomic E-state index is 12.2. The number of nitrogens with zero attached hydrogens (tertiary/aromatic N) is 1. The lowest BCUT2D eigenvalue weighted by Gasteiger charge is -2.36. The molecule has 0 aromatic heterocycles. The molecular formula is C15H22N2O. The molecule has 18 heavy (non-hydrogen) atoms. The van der Waals surface area contributed by atoms with E-state index >= 15 is 0 Å². The summed E-state index contributed by atoms with van der Waals surface area (Å²) in [6.07, 6.45) is 1.58. The summed E-state index contributed by atoms with van der Waals surface area (Å²) in [7, 11) is 0. The van der Waals surface area contributed by atoms with Crippen molar-refractivity contribution in [2.75, 3.05) is 19.6 Å². The van der Waals surface area contributed by atoms with E-state index in [4.69, 9.17) is 5.73 Å². The summed E-state index contributed by atoms with van der Waals surface area (Å²) in [5, 5.41) is 0. The zero-order chi connectivity index (χ0) is 13.0. The van der Waals surface area contributed by atoms with E-state index in [9.17, 15) is 4.79 Å². The third kappa shape index (κ3) is 3.10. The van der Waals surface area contributed by atoms with E-state index in [-0.39, 0.29) is 5.91 Å². The Bertz CT molecular complexity index is 391. The fourth-order valence-electron chi connectivity index (χ4n) is 2.57. The minimum atomic E-state index is 0.228. The third-order valence-corrected chi connectivity index (χ3v) is 3.97. The molecular weight excluding hydrogens is 224 g/mol. The molecule has 0 saturated carbocycles. The van der Waals surface area contributed by atoms with Crippen molar-refractivity contribution in [2.45, 2.75) is 19.8 Å². The highest BCUT2D eigenvalue weighted by Crippen LogP contribution is 2.22. The van der Waals surface area contributed by atoms with Gasteiger partial charge in [0.15, 0.2) is 0 Å². The second-order valence-corrected chi connectivity index (χ2v) is 5.26. The van der Waals surface area contributed by atoms with Crippen molar-refractivity contribution in [1.29, 1.82) is 0 Å². The number of hydrogen-bond donors (Lipinski definition) is 1. The van der Waals surface area contributed by atoms with E-state index in [1.54, 1.807) is 0 Å². The Labute approximate surface area is 109 Å². The molecule has 2 unspecified atom stereocenters. The van der Waals surface area contributed by atoms with E-state index in [2.05, 4.69) is 6.92 Å². The molecule has 3 heteroatoms. The Kier molecular flexibility index (Phi) is 4.37. The van der Waals surface area contributed by atoms with Crippen LogP contribution in [0.1, 0.15) is 18.9 Å². The normalized spacial score (nSPS) is 24.0. The molecule has 0 radical (unpaired) electrons. The predicted octanol–water partition coefficient (Wildman–Crippen LogP) is 1.67. The largest absolute Gasteiger partial charge is 0.342 e. The van der Waals surface area contributed by atoms with Gasteiger partial charge in [-0.05, 0) is 30.4 Å². The standard InChI is InChI=1S/C15H22N2O/c1-12-7-8-17(11-14(12)10-16)15(18)9-13-5-3-2-4-6-13/h2-6,12,14H,7-11,16H2,1H3. The van der Waals surface area contributed by atoms with E-state index in [0.29, 0.717) is 24.8 Å². The van der Waals surface area contributed by atoms with Crippen molar-refractivity contribution in [2.24, 2.45) is 17.6 Å². The molecule has 1 amide bonds.